The van der Waals surface area contributed by atoms with Crippen molar-refractivity contribution < 1.29 is 14.3 Å². The molecule has 2 aromatic rings. The van der Waals surface area contributed by atoms with E-state index in [0.29, 0.717) is 22.6 Å². The molecule has 1 aromatic heterocycles. The summed E-state index contributed by atoms with van der Waals surface area (Å²) in [4.78, 5) is 31.0. The molecule has 0 atom stereocenters. The smallest absolute Gasteiger partial charge is 0.257 e. The monoisotopic (exact) mass is 339 g/mol. The normalized spacial score (nSPS) is 14.0. The molecule has 0 bridgehead atoms. The number of ether oxygens (including phenoxy) is 1. The Morgan fingerprint density at radius 1 is 1.08 bits per heavy atom. The summed E-state index contributed by atoms with van der Waals surface area (Å²) in [7, 11) is 1.55. The van der Waals surface area contributed by atoms with Crippen molar-refractivity contribution in [2.24, 2.45) is 0 Å². The highest BCUT2D eigenvalue weighted by molar-refractivity contribution is 6.06. The Bertz CT molecular complexity index is 770. The van der Waals surface area contributed by atoms with Gasteiger partial charge in [-0.25, -0.2) is 0 Å². The second-order valence-electron chi connectivity index (χ2n) is 5.97. The van der Waals surface area contributed by atoms with Crippen LogP contribution in [0.1, 0.15) is 40.0 Å². The van der Waals surface area contributed by atoms with Crippen LogP contribution in [-0.2, 0) is 0 Å². The van der Waals surface area contributed by atoms with E-state index < -0.39 is 0 Å². The van der Waals surface area contributed by atoms with Gasteiger partial charge in [0.05, 0.1) is 23.9 Å². The van der Waals surface area contributed by atoms with Crippen molar-refractivity contribution in [3.63, 3.8) is 0 Å². The fourth-order valence-electron chi connectivity index (χ4n) is 2.90. The SMILES string of the molecule is COc1ccccc1NC(=O)c1cncc(C(=O)N2CCCCC2)c1. The lowest BCUT2D eigenvalue weighted by atomic mass is 10.1. The molecule has 1 aromatic carbocycles. The molecular weight excluding hydrogens is 318 g/mol. The lowest BCUT2D eigenvalue weighted by Crippen LogP contribution is -2.35. The quantitative estimate of drug-likeness (QED) is 0.929. The van der Waals surface area contributed by atoms with Gasteiger partial charge in [0.15, 0.2) is 0 Å². The molecular formula is C19H21N3O3. The molecule has 2 amide bonds. The molecule has 1 fully saturated rings. The Balaban J connectivity index is 1.76. The molecule has 1 N–H and O–H groups in total. The van der Waals surface area contributed by atoms with E-state index in [2.05, 4.69) is 10.3 Å². The minimum Gasteiger partial charge on any atom is -0.495 e. The summed E-state index contributed by atoms with van der Waals surface area (Å²) in [6.07, 6.45) is 6.16. The summed E-state index contributed by atoms with van der Waals surface area (Å²) >= 11 is 0. The zero-order chi connectivity index (χ0) is 17.6. The molecule has 0 unspecified atom stereocenters. The van der Waals surface area contributed by atoms with Crippen LogP contribution in [0, 0.1) is 0 Å². The molecule has 6 nitrogen and oxygen atoms in total. The lowest BCUT2D eigenvalue weighted by Gasteiger charge is -2.26. The number of pyridine rings is 1. The number of carbonyl (C=O) groups excluding carboxylic acids is 2. The Morgan fingerprint density at radius 2 is 1.80 bits per heavy atom. The molecule has 1 aliphatic heterocycles. The fraction of sp³-hybridized carbons (Fsp3) is 0.316. The lowest BCUT2D eigenvalue weighted by molar-refractivity contribution is 0.0724. The Morgan fingerprint density at radius 3 is 2.56 bits per heavy atom. The van der Waals surface area contributed by atoms with Gasteiger partial charge in [-0.2, -0.15) is 0 Å². The van der Waals surface area contributed by atoms with Crippen LogP contribution < -0.4 is 10.1 Å². The van der Waals surface area contributed by atoms with Gasteiger partial charge in [0.1, 0.15) is 5.75 Å². The van der Waals surface area contributed by atoms with Gasteiger partial charge in [-0.15, -0.1) is 0 Å². The van der Waals surface area contributed by atoms with Gasteiger partial charge >= 0.3 is 0 Å². The van der Waals surface area contributed by atoms with Crippen molar-refractivity contribution in [2.45, 2.75) is 19.3 Å². The molecule has 0 spiro atoms. The molecule has 0 radical (unpaired) electrons. The highest BCUT2D eigenvalue weighted by atomic mass is 16.5. The first-order chi connectivity index (χ1) is 12.2. The van der Waals surface area contributed by atoms with Crippen molar-refractivity contribution in [3.05, 3.63) is 53.9 Å². The molecule has 130 valence electrons. The van der Waals surface area contributed by atoms with E-state index in [4.69, 9.17) is 4.74 Å². The Kier molecular flexibility index (Phi) is 5.28. The zero-order valence-corrected chi connectivity index (χ0v) is 14.2. The summed E-state index contributed by atoms with van der Waals surface area (Å²) < 4.78 is 5.23. The number of likely N-dealkylation sites (tertiary alicyclic amines) is 1. The average Bonchev–Trinajstić information content (AvgIpc) is 2.68. The van der Waals surface area contributed by atoms with Crippen LogP contribution in [0.2, 0.25) is 0 Å². The highest BCUT2D eigenvalue weighted by Gasteiger charge is 2.20. The maximum atomic E-state index is 12.6. The van der Waals surface area contributed by atoms with Crippen molar-refractivity contribution in [2.75, 3.05) is 25.5 Å². The van der Waals surface area contributed by atoms with Crippen LogP contribution in [0.25, 0.3) is 0 Å². The summed E-state index contributed by atoms with van der Waals surface area (Å²) in [5.74, 6) is 0.175. The number of aromatic nitrogens is 1. The van der Waals surface area contributed by atoms with E-state index in [1.54, 1.807) is 25.3 Å². The van der Waals surface area contributed by atoms with Crippen molar-refractivity contribution in [3.8, 4) is 5.75 Å². The van der Waals surface area contributed by atoms with Crippen molar-refractivity contribution in [1.29, 1.82) is 0 Å². The van der Waals surface area contributed by atoms with Gasteiger partial charge in [-0.05, 0) is 37.5 Å². The number of anilines is 1. The van der Waals surface area contributed by atoms with Crippen molar-refractivity contribution in [1.82, 2.24) is 9.88 Å². The summed E-state index contributed by atoms with van der Waals surface area (Å²) in [6.45, 7) is 1.52. The largest absolute Gasteiger partial charge is 0.495 e. The number of methoxy groups -OCH3 is 1. The van der Waals surface area contributed by atoms with E-state index in [1.807, 2.05) is 17.0 Å². The van der Waals surface area contributed by atoms with Gasteiger partial charge < -0.3 is 15.0 Å². The summed E-state index contributed by atoms with van der Waals surface area (Å²) in [6, 6.07) is 8.76. The Hall–Kier alpha value is -2.89. The van der Waals surface area contributed by atoms with Crippen LogP contribution in [0.3, 0.4) is 0 Å². The molecule has 2 heterocycles. The fourth-order valence-corrected chi connectivity index (χ4v) is 2.90. The third-order valence-electron chi connectivity index (χ3n) is 4.25. The molecule has 1 aliphatic rings. The van der Waals surface area contributed by atoms with Crippen LogP contribution in [-0.4, -0.2) is 41.9 Å². The standard InChI is InChI=1S/C19H21N3O3/c1-25-17-8-4-3-7-16(17)21-18(23)14-11-15(13-20-12-14)19(24)22-9-5-2-6-10-22/h3-4,7-8,11-13H,2,5-6,9-10H2,1H3,(H,21,23). The highest BCUT2D eigenvalue weighted by Crippen LogP contribution is 2.23. The number of rotatable bonds is 4. The number of nitrogens with one attached hydrogen (secondary N) is 1. The number of piperidine rings is 1. The van der Waals surface area contributed by atoms with Gasteiger partial charge in [-0.3, -0.25) is 14.6 Å². The number of benzene rings is 1. The van der Waals surface area contributed by atoms with Crippen LogP contribution in [0.15, 0.2) is 42.7 Å². The van der Waals surface area contributed by atoms with E-state index in [-0.39, 0.29) is 11.8 Å². The van der Waals surface area contributed by atoms with Gasteiger partial charge in [-0.1, -0.05) is 12.1 Å². The van der Waals surface area contributed by atoms with Gasteiger partial charge in [0.25, 0.3) is 11.8 Å². The molecule has 6 heteroatoms. The first-order valence-electron chi connectivity index (χ1n) is 8.38. The molecule has 0 saturated carbocycles. The minimum atomic E-state index is -0.328. The number of hydrogen-bond acceptors (Lipinski definition) is 4. The summed E-state index contributed by atoms with van der Waals surface area (Å²) in [5, 5.41) is 2.79. The number of nitrogens with zero attached hydrogens (tertiary/aromatic N) is 2. The number of hydrogen-bond donors (Lipinski definition) is 1. The third-order valence-corrected chi connectivity index (χ3v) is 4.25. The number of carbonyl (C=O) groups is 2. The second kappa shape index (κ2) is 7.79. The summed E-state index contributed by atoms with van der Waals surface area (Å²) in [5.41, 5.74) is 1.35. The zero-order valence-electron chi connectivity index (χ0n) is 14.2. The number of para-hydroxylation sites is 2. The third kappa shape index (κ3) is 3.96. The van der Waals surface area contributed by atoms with Gasteiger partial charge in [0.2, 0.25) is 0 Å². The maximum absolute atomic E-state index is 12.6. The Labute approximate surface area is 146 Å². The predicted octanol–water partition coefficient (Wildman–Crippen LogP) is 2.97. The van der Waals surface area contributed by atoms with E-state index >= 15 is 0 Å². The maximum Gasteiger partial charge on any atom is 0.257 e. The molecule has 25 heavy (non-hydrogen) atoms. The minimum absolute atomic E-state index is 0.0702. The van der Waals surface area contributed by atoms with Gasteiger partial charge in [0, 0.05) is 25.5 Å². The molecule has 1 saturated heterocycles. The first-order valence-corrected chi connectivity index (χ1v) is 8.38. The van der Waals surface area contributed by atoms with E-state index in [0.717, 1.165) is 32.4 Å². The second-order valence-corrected chi connectivity index (χ2v) is 5.97. The molecule has 3 rings (SSSR count). The van der Waals surface area contributed by atoms with E-state index in [1.165, 1.54) is 12.4 Å². The van der Waals surface area contributed by atoms with E-state index in [9.17, 15) is 9.59 Å². The topological polar surface area (TPSA) is 71.5 Å². The van der Waals surface area contributed by atoms with Crippen LogP contribution in [0.5, 0.6) is 5.75 Å². The first kappa shape index (κ1) is 17.0. The van der Waals surface area contributed by atoms with Crippen LogP contribution >= 0.6 is 0 Å². The van der Waals surface area contributed by atoms with Crippen molar-refractivity contribution >= 4 is 17.5 Å². The number of amides is 2. The predicted molar refractivity (Wildman–Crippen MR) is 94.9 cm³/mol. The van der Waals surface area contributed by atoms with Crippen LogP contribution in [0.4, 0.5) is 5.69 Å². The molecule has 0 aliphatic carbocycles. The average molecular weight is 339 g/mol.